The zero-order chi connectivity index (χ0) is 21.5. The van der Waals surface area contributed by atoms with Crippen molar-refractivity contribution in [2.75, 3.05) is 16.8 Å². The van der Waals surface area contributed by atoms with Gasteiger partial charge < -0.3 is 15.3 Å². The van der Waals surface area contributed by atoms with Gasteiger partial charge in [0.25, 0.3) is 0 Å². The van der Waals surface area contributed by atoms with Crippen LogP contribution in [-0.4, -0.2) is 28.6 Å². The van der Waals surface area contributed by atoms with Crippen molar-refractivity contribution >= 4 is 28.7 Å². The van der Waals surface area contributed by atoms with E-state index in [4.69, 9.17) is 0 Å². The molecule has 2 aromatic rings. The number of rotatable bonds is 10. The molecule has 1 unspecified atom stereocenters. The number of hydrogen-bond donors (Lipinski definition) is 2. The van der Waals surface area contributed by atoms with Gasteiger partial charge in [-0.2, -0.15) is 0 Å². The summed E-state index contributed by atoms with van der Waals surface area (Å²) in [7, 11) is 0. The summed E-state index contributed by atoms with van der Waals surface area (Å²) in [5, 5.41) is 12.9. The second-order valence-electron chi connectivity index (χ2n) is 8.93. The smallest absolute Gasteiger partial charge is 0.303 e. The number of nitrogens with zero attached hydrogens (tertiary/aromatic N) is 2. The molecule has 1 aliphatic carbocycles. The third-order valence-corrected chi connectivity index (χ3v) is 6.67. The molecule has 1 saturated carbocycles. The predicted molar refractivity (Wildman–Crippen MR) is 126 cm³/mol. The Bertz CT molecular complexity index is 801. The zero-order valence-electron chi connectivity index (χ0n) is 18.4. The fourth-order valence-electron chi connectivity index (χ4n) is 4.37. The van der Waals surface area contributed by atoms with Crippen molar-refractivity contribution < 1.29 is 9.90 Å². The van der Waals surface area contributed by atoms with Gasteiger partial charge in [-0.1, -0.05) is 46.1 Å². The Morgan fingerprint density at radius 2 is 2.03 bits per heavy atom. The molecule has 0 bridgehead atoms. The number of benzene rings is 1. The van der Waals surface area contributed by atoms with E-state index in [1.165, 1.54) is 42.7 Å². The minimum atomic E-state index is -0.755. The Kier molecular flexibility index (Phi) is 8.14. The Hall–Kier alpha value is -2.08. The number of anilines is 2. The standard InChI is InChI=1S/C24H35N3O2S/c1-17(2)15-27(20-7-5-4-6-8-20)23-10-9-19(18(3)11-24(28)29)12-22(23)26-14-21-13-25-16-30-21/h9-10,12-13,16-18,20,26H,4-8,11,14-15H2,1-3H3,(H,28,29). The first-order valence-electron chi connectivity index (χ1n) is 11.2. The third-order valence-electron chi connectivity index (χ3n) is 5.89. The molecule has 0 radical (unpaired) electrons. The van der Waals surface area contributed by atoms with Crippen molar-refractivity contribution in [3.8, 4) is 0 Å². The number of hydrogen-bond acceptors (Lipinski definition) is 5. The second kappa shape index (κ2) is 10.8. The van der Waals surface area contributed by atoms with E-state index in [2.05, 4.69) is 47.2 Å². The van der Waals surface area contributed by atoms with E-state index in [9.17, 15) is 9.90 Å². The molecule has 2 N–H and O–H groups in total. The summed E-state index contributed by atoms with van der Waals surface area (Å²) in [4.78, 5) is 19.2. The number of aliphatic carboxylic acids is 1. The lowest BCUT2D eigenvalue weighted by Crippen LogP contribution is -2.39. The summed E-state index contributed by atoms with van der Waals surface area (Å²) >= 11 is 1.65. The van der Waals surface area contributed by atoms with Crippen LogP contribution in [0.3, 0.4) is 0 Å². The largest absolute Gasteiger partial charge is 0.481 e. The van der Waals surface area contributed by atoms with E-state index in [0.717, 1.165) is 24.3 Å². The van der Waals surface area contributed by atoms with Gasteiger partial charge in [0.05, 0.1) is 29.9 Å². The van der Waals surface area contributed by atoms with Crippen LogP contribution in [0.25, 0.3) is 0 Å². The second-order valence-corrected chi connectivity index (χ2v) is 9.91. The van der Waals surface area contributed by atoms with E-state index in [1.807, 2.05) is 18.6 Å². The molecule has 3 rings (SSSR count). The van der Waals surface area contributed by atoms with Crippen LogP contribution >= 0.6 is 11.3 Å². The molecule has 1 aromatic heterocycles. The topological polar surface area (TPSA) is 65.5 Å². The maximum absolute atomic E-state index is 11.2. The minimum Gasteiger partial charge on any atom is -0.481 e. The van der Waals surface area contributed by atoms with Crippen molar-refractivity contribution in [2.24, 2.45) is 5.92 Å². The van der Waals surface area contributed by atoms with Crippen LogP contribution in [0.1, 0.15) is 75.7 Å². The Morgan fingerprint density at radius 1 is 1.27 bits per heavy atom. The summed E-state index contributed by atoms with van der Waals surface area (Å²) in [5.41, 5.74) is 5.27. The number of carbonyl (C=O) groups is 1. The quantitative estimate of drug-likeness (QED) is 0.476. The average molecular weight is 430 g/mol. The first-order valence-corrected chi connectivity index (χ1v) is 12.1. The van der Waals surface area contributed by atoms with Crippen LogP contribution in [0.5, 0.6) is 0 Å². The van der Waals surface area contributed by atoms with Gasteiger partial charge in [-0.15, -0.1) is 11.3 Å². The Balaban J connectivity index is 1.92. The van der Waals surface area contributed by atoms with E-state index in [0.29, 0.717) is 12.0 Å². The van der Waals surface area contributed by atoms with Gasteiger partial charge in [0, 0.05) is 23.7 Å². The summed E-state index contributed by atoms with van der Waals surface area (Å²) in [6.45, 7) is 8.31. The summed E-state index contributed by atoms with van der Waals surface area (Å²) < 4.78 is 0. The molecule has 1 aromatic carbocycles. The van der Waals surface area contributed by atoms with Gasteiger partial charge >= 0.3 is 5.97 Å². The van der Waals surface area contributed by atoms with Gasteiger partial charge in [0.15, 0.2) is 0 Å². The van der Waals surface area contributed by atoms with Crippen molar-refractivity contribution in [1.82, 2.24) is 4.98 Å². The van der Waals surface area contributed by atoms with Crippen LogP contribution in [0, 0.1) is 5.92 Å². The van der Waals surface area contributed by atoms with Crippen LogP contribution in [0.15, 0.2) is 29.9 Å². The monoisotopic (exact) mass is 429 g/mol. The number of nitrogens with one attached hydrogen (secondary N) is 1. The lowest BCUT2D eigenvalue weighted by molar-refractivity contribution is -0.137. The van der Waals surface area contributed by atoms with Crippen LogP contribution in [0.2, 0.25) is 0 Å². The summed E-state index contributed by atoms with van der Waals surface area (Å²) in [5.74, 6) is -0.199. The van der Waals surface area contributed by atoms with Crippen LogP contribution in [0.4, 0.5) is 11.4 Å². The lowest BCUT2D eigenvalue weighted by atomic mass is 9.92. The molecule has 0 saturated heterocycles. The molecule has 1 aliphatic rings. The van der Waals surface area contributed by atoms with Crippen LogP contribution in [-0.2, 0) is 11.3 Å². The molecule has 1 fully saturated rings. The van der Waals surface area contributed by atoms with E-state index in [-0.39, 0.29) is 12.3 Å². The lowest BCUT2D eigenvalue weighted by Gasteiger charge is -2.38. The van der Waals surface area contributed by atoms with Gasteiger partial charge in [-0.3, -0.25) is 9.78 Å². The number of carboxylic acid groups (broad SMARTS) is 1. The highest BCUT2D eigenvalue weighted by molar-refractivity contribution is 7.09. The normalized spacial score (nSPS) is 15.9. The fourth-order valence-corrected chi connectivity index (χ4v) is 4.91. The zero-order valence-corrected chi connectivity index (χ0v) is 19.3. The molecular weight excluding hydrogens is 394 g/mol. The number of aromatic nitrogens is 1. The number of carboxylic acids is 1. The molecule has 0 amide bonds. The van der Waals surface area contributed by atoms with Crippen molar-refractivity contribution in [3.63, 3.8) is 0 Å². The van der Waals surface area contributed by atoms with E-state index >= 15 is 0 Å². The highest BCUT2D eigenvalue weighted by atomic mass is 32.1. The first kappa shape index (κ1) is 22.6. The van der Waals surface area contributed by atoms with Gasteiger partial charge in [0.1, 0.15) is 0 Å². The first-order chi connectivity index (χ1) is 14.4. The average Bonchev–Trinajstić information content (AvgIpc) is 3.24. The maximum Gasteiger partial charge on any atom is 0.303 e. The summed E-state index contributed by atoms with van der Waals surface area (Å²) in [6.07, 6.45) is 8.49. The predicted octanol–water partition coefficient (Wildman–Crippen LogP) is 6.13. The van der Waals surface area contributed by atoms with Gasteiger partial charge in [-0.05, 0) is 42.4 Å². The SMILES string of the molecule is CC(C)CN(c1ccc(C(C)CC(=O)O)cc1NCc1cncs1)C1CCCCC1. The van der Waals surface area contributed by atoms with Crippen molar-refractivity contribution in [3.05, 3.63) is 40.3 Å². The van der Waals surface area contributed by atoms with Gasteiger partial charge in [0.2, 0.25) is 0 Å². The van der Waals surface area contributed by atoms with E-state index in [1.54, 1.807) is 11.3 Å². The minimum absolute atomic E-state index is 0.0197. The molecular formula is C24H35N3O2S. The molecule has 30 heavy (non-hydrogen) atoms. The molecule has 6 heteroatoms. The van der Waals surface area contributed by atoms with Gasteiger partial charge in [-0.25, -0.2) is 0 Å². The highest BCUT2D eigenvalue weighted by Gasteiger charge is 2.25. The van der Waals surface area contributed by atoms with Crippen molar-refractivity contribution in [2.45, 2.75) is 77.8 Å². The summed E-state index contributed by atoms with van der Waals surface area (Å²) in [6, 6.07) is 7.07. The Morgan fingerprint density at radius 3 is 2.67 bits per heavy atom. The van der Waals surface area contributed by atoms with E-state index < -0.39 is 5.97 Å². The number of thiazole rings is 1. The maximum atomic E-state index is 11.2. The molecule has 164 valence electrons. The molecule has 5 nitrogen and oxygen atoms in total. The molecule has 1 heterocycles. The van der Waals surface area contributed by atoms with Crippen LogP contribution < -0.4 is 10.2 Å². The third kappa shape index (κ3) is 6.21. The molecule has 0 spiro atoms. The fraction of sp³-hybridized carbons (Fsp3) is 0.583. The molecule has 0 aliphatic heterocycles. The van der Waals surface area contributed by atoms with Crippen molar-refractivity contribution in [1.29, 1.82) is 0 Å². The highest BCUT2D eigenvalue weighted by Crippen LogP contribution is 2.36. The molecule has 1 atom stereocenters. The Labute approximate surface area is 184 Å².